The lowest BCUT2D eigenvalue weighted by Gasteiger charge is -2.25. The van der Waals surface area contributed by atoms with Crippen LogP contribution in [0.4, 0.5) is 0 Å². The van der Waals surface area contributed by atoms with Crippen molar-refractivity contribution < 1.29 is 4.79 Å². The molecule has 5 nitrogen and oxygen atoms in total. The molecule has 1 aromatic carbocycles. The number of rotatable bonds is 8. The van der Waals surface area contributed by atoms with Crippen LogP contribution in [0, 0.1) is 11.3 Å². The number of hydrogen-bond acceptors (Lipinski definition) is 3. The van der Waals surface area contributed by atoms with Gasteiger partial charge in [-0.2, -0.15) is 5.10 Å². The van der Waals surface area contributed by atoms with Gasteiger partial charge < -0.3 is 10.2 Å². The van der Waals surface area contributed by atoms with Gasteiger partial charge in [-0.25, -0.2) is 0 Å². The van der Waals surface area contributed by atoms with Crippen molar-refractivity contribution >= 4 is 18.3 Å². The maximum Gasteiger partial charge on any atom is 0.226 e. The van der Waals surface area contributed by atoms with Gasteiger partial charge in [0.05, 0.1) is 5.69 Å². The Bertz CT molecular complexity index is 785. The van der Waals surface area contributed by atoms with Crippen molar-refractivity contribution in [3.63, 3.8) is 0 Å². The second-order valence-corrected chi connectivity index (χ2v) is 8.58. The van der Waals surface area contributed by atoms with Gasteiger partial charge in [-0.05, 0) is 63.1 Å². The highest BCUT2D eigenvalue weighted by atomic mass is 35.5. The predicted molar refractivity (Wildman–Crippen MR) is 119 cm³/mol. The fourth-order valence-corrected chi connectivity index (χ4v) is 4.64. The van der Waals surface area contributed by atoms with Gasteiger partial charge in [0.1, 0.15) is 0 Å². The van der Waals surface area contributed by atoms with E-state index in [0.29, 0.717) is 17.2 Å². The summed E-state index contributed by atoms with van der Waals surface area (Å²) in [6.45, 7) is 3.03. The van der Waals surface area contributed by atoms with E-state index in [1.165, 1.54) is 18.5 Å². The lowest BCUT2D eigenvalue weighted by Crippen LogP contribution is -2.35. The SMILES string of the molecule is CN(CCCCCc1cc(-c2ccccc2)n[nH]1)C(=O)C1CC12CCNCC2.Cl. The molecule has 1 spiro atoms. The molecule has 1 aliphatic heterocycles. The summed E-state index contributed by atoms with van der Waals surface area (Å²) in [4.78, 5) is 14.7. The summed E-state index contributed by atoms with van der Waals surface area (Å²) >= 11 is 0. The first-order valence-electron chi connectivity index (χ1n) is 10.7. The number of hydrogen-bond donors (Lipinski definition) is 2. The van der Waals surface area contributed by atoms with Crippen molar-refractivity contribution in [3.8, 4) is 11.3 Å². The van der Waals surface area contributed by atoms with Crippen molar-refractivity contribution in [1.29, 1.82) is 0 Å². The highest BCUT2D eigenvalue weighted by Gasteiger charge is 2.58. The number of benzene rings is 1. The number of H-pyrrole nitrogens is 1. The third-order valence-electron chi connectivity index (χ3n) is 6.60. The minimum absolute atomic E-state index is 0. The smallest absolute Gasteiger partial charge is 0.226 e. The van der Waals surface area contributed by atoms with Crippen LogP contribution in [0.1, 0.15) is 44.2 Å². The van der Waals surface area contributed by atoms with Gasteiger partial charge in [-0.3, -0.25) is 9.89 Å². The highest BCUT2D eigenvalue weighted by Crippen LogP contribution is 2.59. The number of nitrogens with one attached hydrogen (secondary N) is 2. The summed E-state index contributed by atoms with van der Waals surface area (Å²) in [5.74, 6) is 0.670. The van der Waals surface area contributed by atoms with Crippen LogP contribution >= 0.6 is 12.4 Å². The molecule has 1 saturated heterocycles. The first-order chi connectivity index (χ1) is 13.7. The van der Waals surface area contributed by atoms with Crippen molar-refractivity contribution in [1.82, 2.24) is 20.4 Å². The van der Waals surface area contributed by atoms with Crippen LogP contribution in [0.5, 0.6) is 0 Å². The Balaban J connectivity index is 0.00000240. The third-order valence-corrected chi connectivity index (χ3v) is 6.60. The van der Waals surface area contributed by atoms with Crippen LogP contribution in [0.3, 0.4) is 0 Å². The van der Waals surface area contributed by atoms with Crippen LogP contribution in [0.25, 0.3) is 11.3 Å². The van der Waals surface area contributed by atoms with E-state index < -0.39 is 0 Å². The van der Waals surface area contributed by atoms with Crippen molar-refractivity contribution in [2.45, 2.75) is 44.9 Å². The van der Waals surface area contributed by atoms with E-state index in [0.717, 1.165) is 63.0 Å². The van der Waals surface area contributed by atoms with Crippen LogP contribution in [0.15, 0.2) is 36.4 Å². The van der Waals surface area contributed by atoms with E-state index in [2.05, 4.69) is 33.7 Å². The predicted octanol–water partition coefficient (Wildman–Crippen LogP) is 4.06. The van der Waals surface area contributed by atoms with Crippen LogP contribution in [-0.2, 0) is 11.2 Å². The molecule has 1 aliphatic carbocycles. The zero-order valence-electron chi connectivity index (χ0n) is 17.3. The molecular weight excluding hydrogens is 384 g/mol. The molecule has 1 amide bonds. The van der Waals surface area contributed by atoms with Crippen molar-refractivity contribution in [2.24, 2.45) is 11.3 Å². The lowest BCUT2D eigenvalue weighted by atomic mass is 9.91. The molecule has 4 rings (SSSR count). The summed E-state index contributed by atoms with van der Waals surface area (Å²) in [6.07, 6.45) is 7.80. The summed E-state index contributed by atoms with van der Waals surface area (Å²) in [6, 6.07) is 12.4. The molecule has 2 aliphatic rings. The molecule has 2 fully saturated rings. The Labute approximate surface area is 180 Å². The molecule has 0 bridgehead atoms. The van der Waals surface area contributed by atoms with Gasteiger partial charge in [0.25, 0.3) is 0 Å². The molecule has 2 heterocycles. The Morgan fingerprint density at radius 1 is 1.17 bits per heavy atom. The number of nitrogens with zero attached hydrogens (tertiary/aromatic N) is 2. The highest BCUT2D eigenvalue weighted by molar-refractivity contribution is 5.85. The number of carbonyl (C=O) groups is 1. The third kappa shape index (κ3) is 5.20. The van der Waals surface area contributed by atoms with Gasteiger partial charge in [-0.15, -0.1) is 12.4 Å². The van der Waals surface area contributed by atoms with Gasteiger partial charge in [0.2, 0.25) is 5.91 Å². The first kappa shape index (κ1) is 21.8. The molecule has 2 N–H and O–H groups in total. The summed E-state index contributed by atoms with van der Waals surface area (Å²) in [7, 11) is 1.98. The fourth-order valence-electron chi connectivity index (χ4n) is 4.64. The maximum absolute atomic E-state index is 12.7. The number of aryl methyl sites for hydroxylation is 1. The molecule has 2 aromatic rings. The topological polar surface area (TPSA) is 61.0 Å². The normalized spacial score (nSPS) is 19.6. The largest absolute Gasteiger partial charge is 0.346 e. The molecule has 158 valence electrons. The molecule has 1 atom stereocenters. The van der Waals surface area contributed by atoms with Crippen LogP contribution < -0.4 is 5.32 Å². The zero-order chi connectivity index (χ0) is 19.4. The summed E-state index contributed by atoms with van der Waals surface area (Å²) in [5, 5.41) is 11.0. The fraction of sp³-hybridized carbons (Fsp3) is 0.565. The Kier molecular flexibility index (Phi) is 7.36. The van der Waals surface area contributed by atoms with E-state index in [9.17, 15) is 4.79 Å². The van der Waals surface area contributed by atoms with E-state index >= 15 is 0 Å². The van der Waals surface area contributed by atoms with Gasteiger partial charge in [-0.1, -0.05) is 36.8 Å². The number of aromatic amines is 1. The van der Waals surface area contributed by atoms with E-state index in [4.69, 9.17) is 0 Å². The molecule has 6 heteroatoms. The summed E-state index contributed by atoms with van der Waals surface area (Å²) in [5.41, 5.74) is 3.69. The second kappa shape index (κ2) is 9.77. The molecular formula is C23H33ClN4O. The number of piperidine rings is 1. The minimum atomic E-state index is 0. The second-order valence-electron chi connectivity index (χ2n) is 8.58. The zero-order valence-corrected chi connectivity index (χ0v) is 18.1. The molecule has 1 aromatic heterocycles. The molecule has 1 unspecified atom stereocenters. The van der Waals surface area contributed by atoms with Crippen LogP contribution in [-0.4, -0.2) is 47.7 Å². The van der Waals surface area contributed by atoms with Crippen molar-refractivity contribution in [2.75, 3.05) is 26.7 Å². The number of aromatic nitrogens is 2. The summed E-state index contributed by atoms with van der Waals surface area (Å²) < 4.78 is 0. The number of amides is 1. The number of carbonyl (C=O) groups excluding carboxylic acids is 1. The van der Waals surface area contributed by atoms with Gasteiger partial charge in [0.15, 0.2) is 0 Å². The number of halogens is 1. The van der Waals surface area contributed by atoms with E-state index in [1.807, 2.05) is 30.1 Å². The van der Waals surface area contributed by atoms with Crippen LogP contribution in [0.2, 0.25) is 0 Å². The maximum atomic E-state index is 12.7. The first-order valence-corrected chi connectivity index (χ1v) is 10.7. The average Bonchev–Trinajstić information content (AvgIpc) is 3.20. The molecule has 0 radical (unpaired) electrons. The van der Waals surface area contributed by atoms with Gasteiger partial charge in [0, 0.05) is 30.8 Å². The number of unbranched alkanes of at least 4 members (excludes halogenated alkanes) is 2. The lowest BCUT2D eigenvalue weighted by molar-refractivity contribution is -0.132. The Hall–Kier alpha value is -1.85. The minimum Gasteiger partial charge on any atom is -0.346 e. The monoisotopic (exact) mass is 416 g/mol. The van der Waals surface area contributed by atoms with Crippen molar-refractivity contribution in [3.05, 3.63) is 42.1 Å². The Morgan fingerprint density at radius 2 is 1.93 bits per heavy atom. The van der Waals surface area contributed by atoms with Gasteiger partial charge >= 0.3 is 0 Å². The molecule has 29 heavy (non-hydrogen) atoms. The Morgan fingerprint density at radius 3 is 2.69 bits per heavy atom. The average molecular weight is 417 g/mol. The quantitative estimate of drug-likeness (QED) is 0.638. The van der Waals surface area contributed by atoms with E-state index in [-0.39, 0.29) is 12.4 Å². The van der Waals surface area contributed by atoms with E-state index in [1.54, 1.807) is 0 Å². The standard InChI is InChI=1S/C23H32N4O.ClH/c1-27(22(28)20-17-23(20)11-13-24-14-12-23)15-7-3-6-10-19-16-21(26-25-19)18-8-4-2-5-9-18;/h2,4-5,8-9,16,20,24H,3,6-7,10-15,17H2,1H3,(H,25,26);1H. The molecule has 1 saturated carbocycles.